The molecule has 1 atom stereocenters. The first-order valence-electron chi connectivity index (χ1n) is 6.38. The first kappa shape index (κ1) is 11.7. The van der Waals surface area contributed by atoms with Gasteiger partial charge in [-0.1, -0.05) is 30.7 Å². The Labute approximate surface area is 112 Å². The number of rotatable bonds is 2. The van der Waals surface area contributed by atoms with Crippen LogP contribution in [-0.4, -0.2) is 14.8 Å². The van der Waals surface area contributed by atoms with E-state index in [1.807, 2.05) is 24.3 Å². The lowest BCUT2D eigenvalue weighted by molar-refractivity contribution is 0.367. The summed E-state index contributed by atoms with van der Waals surface area (Å²) in [6, 6.07) is 7.89. The largest absolute Gasteiger partial charge is 0.250 e. The molecule has 2 aromatic rings. The van der Waals surface area contributed by atoms with E-state index in [9.17, 15) is 0 Å². The van der Waals surface area contributed by atoms with Crippen molar-refractivity contribution in [2.75, 3.05) is 0 Å². The number of fused-ring (bicyclic) bond motifs is 1. The van der Waals surface area contributed by atoms with Gasteiger partial charge < -0.3 is 0 Å². The van der Waals surface area contributed by atoms with Gasteiger partial charge in [0.25, 0.3) is 0 Å². The van der Waals surface area contributed by atoms with Crippen molar-refractivity contribution in [1.29, 1.82) is 0 Å². The number of nitrogens with zero attached hydrogens (tertiary/aromatic N) is 3. The first-order chi connectivity index (χ1) is 8.70. The zero-order valence-electron chi connectivity index (χ0n) is 10.4. The molecular formula is C14H16ClN3. The number of aromatic nitrogens is 3. The summed E-state index contributed by atoms with van der Waals surface area (Å²) in [5, 5.41) is 5.36. The Hall–Kier alpha value is -1.35. The lowest BCUT2D eigenvalue weighted by atomic mass is 10.0. The smallest absolute Gasteiger partial charge is 0.155 e. The van der Waals surface area contributed by atoms with Crippen LogP contribution in [0.2, 0.25) is 5.02 Å². The van der Waals surface area contributed by atoms with Crippen molar-refractivity contribution < 1.29 is 0 Å². The third-order valence-electron chi connectivity index (χ3n) is 3.41. The maximum absolute atomic E-state index is 5.88. The fraction of sp³-hybridized carbons (Fsp3) is 0.429. The van der Waals surface area contributed by atoms with Gasteiger partial charge in [-0.25, -0.2) is 9.67 Å². The Morgan fingerprint density at radius 2 is 2.11 bits per heavy atom. The molecule has 3 rings (SSSR count). The Bertz CT molecular complexity index is 545. The molecule has 1 unspecified atom stereocenters. The SMILES string of the molecule is CC1CCc2nc(Cc3ccc(Cl)cc3)nn2C1. The molecule has 1 aliphatic heterocycles. The lowest BCUT2D eigenvalue weighted by Crippen LogP contribution is -2.18. The normalized spacial score (nSPS) is 18.7. The van der Waals surface area contributed by atoms with Crippen LogP contribution in [0.1, 0.15) is 30.6 Å². The minimum absolute atomic E-state index is 0.711. The summed E-state index contributed by atoms with van der Waals surface area (Å²) in [5.41, 5.74) is 1.20. The zero-order valence-corrected chi connectivity index (χ0v) is 11.2. The van der Waals surface area contributed by atoms with Gasteiger partial charge in [0.2, 0.25) is 0 Å². The van der Waals surface area contributed by atoms with E-state index in [2.05, 4.69) is 21.7 Å². The highest BCUT2D eigenvalue weighted by Crippen LogP contribution is 2.19. The summed E-state index contributed by atoms with van der Waals surface area (Å²) >= 11 is 5.88. The third-order valence-corrected chi connectivity index (χ3v) is 3.67. The summed E-state index contributed by atoms with van der Waals surface area (Å²) < 4.78 is 2.07. The van der Waals surface area contributed by atoms with Gasteiger partial charge in [0, 0.05) is 24.4 Å². The fourth-order valence-corrected chi connectivity index (χ4v) is 2.50. The van der Waals surface area contributed by atoms with E-state index >= 15 is 0 Å². The molecule has 2 heterocycles. The highest BCUT2D eigenvalue weighted by molar-refractivity contribution is 6.30. The van der Waals surface area contributed by atoms with E-state index in [0.717, 1.165) is 36.1 Å². The number of benzene rings is 1. The highest BCUT2D eigenvalue weighted by atomic mass is 35.5. The summed E-state index contributed by atoms with van der Waals surface area (Å²) in [6.07, 6.45) is 3.05. The van der Waals surface area contributed by atoms with Crippen LogP contribution in [0.4, 0.5) is 0 Å². The molecule has 0 saturated heterocycles. The molecule has 0 bridgehead atoms. The van der Waals surface area contributed by atoms with Gasteiger partial charge in [-0.2, -0.15) is 5.10 Å². The predicted octanol–water partition coefficient (Wildman–Crippen LogP) is 3.10. The predicted molar refractivity (Wildman–Crippen MR) is 71.8 cm³/mol. The zero-order chi connectivity index (χ0) is 12.5. The molecule has 0 saturated carbocycles. The van der Waals surface area contributed by atoms with Crippen molar-refractivity contribution in [3.8, 4) is 0 Å². The third kappa shape index (κ3) is 2.41. The maximum atomic E-state index is 5.88. The van der Waals surface area contributed by atoms with Gasteiger partial charge in [0.05, 0.1) is 0 Å². The molecule has 0 fully saturated rings. The molecule has 0 spiro atoms. The van der Waals surface area contributed by atoms with Crippen molar-refractivity contribution in [1.82, 2.24) is 14.8 Å². The second-order valence-corrected chi connectivity index (χ2v) is 5.51. The van der Waals surface area contributed by atoms with Gasteiger partial charge in [-0.15, -0.1) is 0 Å². The van der Waals surface area contributed by atoms with E-state index in [1.165, 1.54) is 12.0 Å². The number of hydrogen-bond donors (Lipinski definition) is 0. The van der Waals surface area contributed by atoms with E-state index in [4.69, 9.17) is 11.6 Å². The average molecular weight is 262 g/mol. The second-order valence-electron chi connectivity index (χ2n) is 5.07. The Morgan fingerprint density at radius 3 is 2.89 bits per heavy atom. The molecular weight excluding hydrogens is 246 g/mol. The topological polar surface area (TPSA) is 30.7 Å². The monoisotopic (exact) mass is 261 g/mol. The van der Waals surface area contributed by atoms with Crippen LogP contribution in [0.3, 0.4) is 0 Å². The van der Waals surface area contributed by atoms with Crippen LogP contribution in [0, 0.1) is 5.92 Å². The van der Waals surface area contributed by atoms with Gasteiger partial charge in [0.15, 0.2) is 5.82 Å². The number of aryl methyl sites for hydroxylation is 1. The molecule has 0 N–H and O–H groups in total. The van der Waals surface area contributed by atoms with Crippen molar-refractivity contribution in [3.63, 3.8) is 0 Å². The van der Waals surface area contributed by atoms with E-state index < -0.39 is 0 Å². The van der Waals surface area contributed by atoms with Crippen LogP contribution in [0.15, 0.2) is 24.3 Å². The lowest BCUT2D eigenvalue weighted by Gasteiger charge is -2.17. The molecule has 3 nitrogen and oxygen atoms in total. The van der Waals surface area contributed by atoms with E-state index in [0.29, 0.717) is 5.92 Å². The molecule has 4 heteroatoms. The molecule has 1 aromatic carbocycles. The van der Waals surface area contributed by atoms with Crippen LogP contribution < -0.4 is 0 Å². The number of halogens is 1. The van der Waals surface area contributed by atoms with E-state index in [1.54, 1.807) is 0 Å². The Morgan fingerprint density at radius 1 is 1.33 bits per heavy atom. The Kier molecular flexibility index (Phi) is 3.08. The maximum Gasteiger partial charge on any atom is 0.155 e. The first-order valence-corrected chi connectivity index (χ1v) is 6.75. The van der Waals surface area contributed by atoms with Crippen LogP contribution in [-0.2, 0) is 19.4 Å². The van der Waals surface area contributed by atoms with Crippen LogP contribution >= 0.6 is 11.6 Å². The van der Waals surface area contributed by atoms with Crippen molar-refractivity contribution in [2.45, 2.75) is 32.7 Å². The summed E-state index contributed by atoms with van der Waals surface area (Å²) in [6.45, 7) is 3.27. The molecule has 0 amide bonds. The van der Waals surface area contributed by atoms with Crippen LogP contribution in [0.5, 0.6) is 0 Å². The van der Waals surface area contributed by atoms with Gasteiger partial charge >= 0.3 is 0 Å². The quantitative estimate of drug-likeness (QED) is 0.832. The molecule has 1 aromatic heterocycles. The van der Waals surface area contributed by atoms with Crippen molar-refractivity contribution >= 4 is 11.6 Å². The van der Waals surface area contributed by atoms with Crippen molar-refractivity contribution in [2.24, 2.45) is 5.92 Å². The standard InChI is InChI=1S/C14H16ClN3/c1-10-2-7-14-16-13(17-18(14)9-10)8-11-3-5-12(15)6-4-11/h3-6,10H,2,7-9H2,1H3. The Balaban J connectivity index is 1.79. The minimum Gasteiger partial charge on any atom is -0.250 e. The fourth-order valence-electron chi connectivity index (χ4n) is 2.38. The van der Waals surface area contributed by atoms with Crippen molar-refractivity contribution in [3.05, 3.63) is 46.5 Å². The minimum atomic E-state index is 0.711. The molecule has 94 valence electrons. The van der Waals surface area contributed by atoms with E-state index in [-0.39, 0.29) is 0 Å². The summed E-state index contributed by atoms with van der Waals surface area (Å²) in [4.78, 5) is 4.62. The molecule has 0 aliphatic carbocycles. The van der Waals surface area contributed by atoms with Gasteiger partial charge in [0.1, 0.15) is 5.82 Å². The van der Waals surface area contributed by atoms with Crippen LogP contribution in [0.25, 0.3) is 0 Å². The molecule has 1 aliphatic rings. The molecule has 0 radical (unpaired) electrons. The highest BCUT2D eigenvalue weighted by Gasteiger charge is 2.18. The second kappa shape index (κ2) is 4.73. The summed E-state index contributed by atoms with van der Waals surface area (Å²) in [5.74, 6) is 2.76. The van der Waals surface area contributed by atoms with Gasteiger partial charge in [-0.05, 0) is 30.0 Å². The summed E-state index contributed by atoms with van der Waals surface area (Å²) in [7, 11) is 0. The van der Waals surface area contributed by atoms with Gasteiger partial charge in [-0.3, -0.25) is 0 Å². The molecule has 18 heavy (non-hydrogen) atoms. The average Bonchev–Trinajstić information content (AvgIpc) is 2.73. The number of hydrogen-bond acceptors (Lipinski definition) is 2.